The van der Waals surface area contributed by atoms with E-state index in [2.05, 4.69) is 0 Å². The average molecular weight is 433 g/mol. The van der Waals surface area contributed by atoms with Crippen molar-refractivity contribution in [3.8, 4) is 11.5 Å². The van der Waals surface area contributed by atoms with Crippen molar-refractivity contribution in [3.63, 3.8) is 0 Å². The fourth-order valence-corrected chi connectivity index (χ4v) is 4.60. The lowest BCUT2D eigenvalue weighted by molar-refractivity contribution is -0.137. The maximum atomic E-state index is 13.3. The number of hydrogen-bond donors (Lipinski definition) is 2. The highest BCUT2D eigenvalue weighted by Crippen LogP contribution is 2.39. The third kappa shape index (κ3) is 4.85. The third-order valence-corrected chi connectivity index (χ3v) is 6.53. The number of phenols is 2. The van der Waals surface area contributed by atoms with Gasteiger partial charge in [0.2, 0.25) is 0 Å². The van der Waals surface area contributed by atoms with Gasteiger partial charge in [-0.05, 0) is 110 Å². The molecule has 32 heavy (non-hydrogen) atoms. The topological polar surface area (TPSA) is 74.6 Å². The first-order valence-electron chi connectivity index (χ1n) is 11.2. The van der Waals surface area contributed by atoms with Crippen LogP contribution in [0.4, 0.5) is 0 Å². The van der Waals surface area contributed by atoms with E-state index >= 15 is 0 Å². The molecule has 0 unspecified atom stereocenters. The number of hydrogen-bond acceptors (Lipinski definition) is 4. The van der Waals surface area contributed by atoms with Gasteiger partial charge >= 0.3 is 0 Å². The van der Waals surface area contributed by atoms with Crippen molar-refractivity contribution >= 4 is 23.7 Å². The van der Waals surface area contributed by atoms with Crippen LogP contribution in [0.3, 0.4) is 0 Å². The highest BCUT2D eigenvalue weighted by atomic mass is 16.3. The lowest BCUT2D eigenvalue weighted by Crippen LogP contribution is -2.39. The van der Waals surface area contributed by atoms with E-state index in [1.165, 1.54) is 12.2 Å². The summed E-state index contributed by atoms with van der Waals surface area (Å²) in [6.45, 7) is 7.30. The summed E-state index contributed by atoms with van der Waals surface area (Å²) in [6, 6.07) is 7.32. The van der Waals surface area contributed by atoms with E-state index in [9.17, 15) is 19.8 Å². The van der Waals surface area contributed by atoms with Gasteiger partial charge in [-0.1, -0.05) is 31.4 Å². The molecule has 2 aromatic rings. The number of ketones is 2. The van der Waals surface area contributed by atoms with E-state index in [1.807, 2.05) is 52.0 Å². The number of rotatable bonds is 6. The van der Waals surface area contributed by atoms with Crippen molar-refractivity contribution in [3.05, 3.63) is 69.8 Å². The first kappa shape index (κ1) is 23.5. The Labute approximate surface area is 190 Å². The molecule has 1 fully saturated rings. The van der Waals surface area contributed by atoms with Crippen molar-refractivity contribution in [1.82, 2.24) is 0 Å². The van der Waals surface area contributed by atoms with Crippen LogP contribution in [0.25, 0.3) is 12.2 Å². The molecule has 0 aromatic heterocycles. The van der Waals surface area contributed by atoms with Crippen LogP contribution in [0.2, 0.25) is 0 Å². The van der Waals surface area contributed by atoms with Crippen LogP contribution < -0.4 is 0 Å². The Morgan fingerprint density at radius 2 is 1.03 bits per heavy atom. The number of benzene rings is 2. The Morgan fingerprint density at radius 3 is 1.38 bits per heavy atom. The summed E-state index contributed by atoms with van der Waals surface area (Å²) in [5.41, 5.74) is 3.65. The molecule has 2 N–H and O–H groups in total. The van der Waals surface area contributed by atoms with Crippen LogP contribution in [0, 0.1) is 33.1 Å². The number of carbonyl (C=O) groups is 2. The molecule has 1 aliphatic carbocycles. The fraction of sp³-hybridized carbons (Fsp3) is 0.357. The monoisotopic (exact) mass is 432 g/mol. The number of aryl methyl sites for hydroxylation is 4. The molecule has 0 saturated heterocycles. The predicted octanol–water partition coefficient (Wildman–Crippen LogP) is 6.15. The summed E-state index contributed by atoms with van der Waals surface area (Å²) < 4.78 is 0. The molecule has 0 heterocycles. The molecular weight excluding hydrogens is 400 g/mol. The summed E-state index contributed by atoms with van der Waals surface area (Å²) in [5, 5.41) is 19.9. The molecule has 0 amide bonds. The number of aromatic hydroxyl groups is 2. The number of allylic oxidation sites excluding steroid dienone is 2. The normalized spacial score (nSPS) is 16.0. The van der Waals surface area contributed by atoms with Gasteiger partial charge in [-0.3, -0.25) is 9.59 Å². The van der Waals surface area contributed by atoms with Crippen LogP contribution in [0.15, 0.2) is 36.4 Å². The Balaban J connectivity index is 1.87. The Hall–Kier alpha value is -3.14. The van der Waals surface area contributed by atoms with E-state index in [0.29, 0.717) is 12.8 Å². The van der Waals surface area contributed by atoms with Gasteiger partial charge in [-0.25, -0.2) is 0 Å². The van der Waals surface area contributed by atoms with Crippen molar-refractivity contribution < 1.29 is 19.8 Å². The van der Waals surface area contributed by atoms with Crippen LogP contribution >= 0.6 is 0 Å². The van der Waals surface area contributed by atoms with Crippen LogP contribution in [-0.2, 0) is 9.59 Å². The Morgan fingerprint density at radius 1 is 0.688 bits per heavy atom. The second kappa shape index (κ2) is 9.56. The summed E-state index contributed by atoms with van der Waals surface area (Å²) >= 11 is 0. The molecule has 2 aromatic carbocycles. The zero-order valence-corrected chi connectivity index (χ0v) is 19.4. The second-order valence-electron chi connectivity index (χ2n) is 9.04. The van der Waals surface area contributed by atoms with Gasteiger partial charge in [-0.2, -0.15) is 0 Å². The highest BCUT2D eigenvalue weighted by molar-refractivity contribution is 6.17. The SMILES string of the molecule is Cc1cc(/C=C/C(=O)C2(C(=O)/C=C/c3cc(C)c(O)c(C)c3)CCCCC2)cc(C)c1O. The van der Waals surface area contributed by atoms with Crippen molar-refractivity contribution in [2.24, 2.45) is 5.41 Å². The first-order valence-corrected chi connectivity index (χ1v) is 11.2. The van der Waals surface area contributed by atoms with Gasteiger partial charge < -0.3 is 10.2 Å². The van der Waals surface area contributed by atoms with E-state index in [-0.39, 0.29) is 23.1 Å². The Bertz CT molecular complexity index is 971. The van der Waals surface area contributed by atoms with E-state index in [1.54, 1.807) is 12.2 Å². The minimum Gasteiger partial charge on any atom is -0.507 e. The largest absolute Gasteiger partial charge is 0.507 e. The molecule has 3 rings (SSSR count). The molecule has 1 saturated carbocycles. The molecule has 4 nitrogen and oxygen atoms in total. The smallest absolute Gasteiger partial charge is 0.169 e. The maximum absolute atomic E-state index is 13.3. The molecule has 1 aliphatic rings. The summed E-state index contributed by atoms with van der Waals surface area (Å²) in [4.78, 5) is 26.6. The number of phenolic OH excluding ortho intramolecular Hbond substituents is 2. The van der Waals surface area contributed by atoms with Crippen molar-refractivity contribution in [2.75, 3.05) is 0 Å². The van der Waals surface area contributed by atoms with E-state index in [0.717, 1.165) is 52.6 Å². The molecular formula is C28H32O4. The zero-order valence-electron chi connectivity index (χ0n) is 19.4. The lowest BCUT2D eigenvalue weighted by atomic mass is 9.68. The van der Waals surface area contributed by atoms with Crippen LogP contribution in [0.5, 0.6) is 11.5 Å². The first-order chi connectivity index (χ1) is 15.1. The van der Waals surface area contributed by atoms with Crippen LogP contribution in [-0.4, -0.2) is 21.8 Å². The van der Waals surface area contributed by atoms with Crippen LogP contribution in [0.1, 0.15) is 65.5 Å². The summed E-state index contributed by atoms with van der Waals surface area (Å²) in [6.07, 6.45) is 10.4. The minimum atomic E-state index is -1.02. The van der Waals surface area contributed by atoms with E-state index < -0.39 is 5.41 Å². The quantitative estimate of drug-likeness (QED) is 0.424. The van der Waals surface area contributed by atoms with Gasteiger partial charge in [0.15, 0.2) is 11.6 Å². The molecule has 0 bridgehead atoms. The lowest BCUT2D eigenvalue weighted by Gasteiger charge is -2.32. The van der Waals surface area contributed by atoms with Crippen molar-refractivity contribution in [2.45, 2.75) is 59.8 Å². The van der Waals surface area contributed by atoms with Gasteiger partial charge in [0.1, 0.15) is 11.5 Å². The maximum Gasteiger partial charge on any atom is 0.169 e. The number of carbonyl (C=O) groups excluding carboxylic acids is 2. The molecule has 168 valence electrons. The minimum absolute atomic E-state index is 0.159. The zero-order chi connectivity index (χ0) is 23.5. The van der Waals surface area contributed by atoms with Gasteiger partial charge in [0.25, 0.3) is 0 Å². The third-order valence-electron chi connectivity index (χ3n) is 6.53. The fourth-order valence-electron chi connectivity index (χ4n) is 4.60. The molecule has 0 aliphatic heterocycles. The Kier molecular flexibility index (Phi) is 7.02. The standard InChI is InChI=1S/C28H32O4/c1-18-14-22(15-19(2)26(18)31)8-10-24(29)28(12-6-5-7-13-28)25(30)11-9-23-16-20(3)27(32)21(4)17-23/h8-11,14-17,31-32H,5-7,12-13H2,1-4H3/b10-8+,11-9+. The molecule has 4 heteroatoms. The second-order valence-corrected chi connectivity index (χ2v) is 9.04. The molecule has 0 radical (unpaired) electrons. The highest BCUT2D eigenvalue weighted by Gasteiger charge is 2.43. The van der Waals surface area contributed by atoms with Crippen molar-refractivity contribution in [1.29, 1.82) is 0 Å². The molecule has 0 atom stereocenters. The van der Waals surface area contributed by atoms with E-state index in [4.69, 9.17) is 0 Å². The summed E-state index contributed by atoms with van der Waals surface area (Å²) in [5.74, 6) is 0.205. The van der Waals surface area contributed by atoms with Gasteiger partial charge in [0, 0.05) is 0 Å². The molecule has 0 spiro atoms. The summed E-state index contributed by atoms with van der Waals surface area (Å²) in [7, 11) is 0. The predicted molar refractivity (Wildman–Crippen MR) is 129 cm³/mol. The van der Waals surface area contributed by atoms with Gasteiger partial charge in [0.05, 0.1) is 5.41 Å². The van der Waals surface area contributed by atoms with Gasteiger partial charge in [-0.15, -0.1) is 0 Å². The average Bonchev–Trinajstić information content (AvgIpc) is 2.77.